The van der Waals surface area contributed by atoms with Crippen LogP contribution in [0.3, 0.4) is 0 Å². The number of halogens is 1. The van der Waals surface area contributed by atoms with Gasteiger partial charge in [-0.15, -0.1) is 0 Å². The van der Waals surface area contributed by atoms with Crippen molar-refractivity contribution in [1.29, 1.82) is 0 Å². The Morgan fingerprint density at radius 2 is 1.86 bits per heavy atom. The molecule has 0 aromatic heterocycles. The SMILES string of the molecule is CNC(C)C(C)F. The maximum absolute atomic E-state index is 12.0. The van der Waals surface area contributed by atoms with Crippen molar-refractivity contribution in [3.63, 3.8) is 0 Å². The Hall–Kier alpha value is -0.110. The van der Waals surface area contributed by atoms with Crippen molar-refractivity contribution in [3.05, 3.63) is 0 Å². The van der Waals surface area contributed by atoms with Gasteiger partial charge in [-0.05, 0) is 20.9 Å². The highest BCUT2D eigenvalue weighted by Crippen LogP contribution is 1.93. The maximum atomic E-state index is 12.0. The lowest BCUT2D eigenvalue weighted by Crippen LogP contribution is -2.29. The average molecular weight is 105 g/mol. The van der Waals surface area contributed by atoms with Crippen LogP contribution in [0.15, 0.2) is 0 Å². The van der Waals surface area contributed by atoms with Gasteiger partial charge in [0, 0.05) is 6.04 Å². The van der Waals surface area contributed by atoms with E-state index in [2.05, 4.69) is 5.32 Å². The summed E-state index contributed by atoms with van der Waals surface area (Å²) in [4.78, 5) is 0. The van der Waals surface area contributed by atoms with Crippen molar-refractivity contribution in [2.45, 2.75) is 26.1 Å². The molecule has 0 saturated heterocycles. The Labute approximate surface area is 43.9 Å². The lowest BCUT2D eigenvalue weighted by molar-refractivity contribution is 0.292. The minimum atomic E-state index is -0.745. The lowest BCUT2D eigenvalue weighted by Gasteiger charge is -2.09. The number of alkyl halides is 1. The highest BCUT2D eigenvalue weighted by atomic mass is 19.1. The first-order chi connectivity index (χ1) is 3.18. The number of nitrogens with one attached hydrogen (secondary N) is 1. The molecule has 0 aliphatic carbocycles. The van der Waals surface area contributed by atoms with Crippen LogP contribution in [-0.2, 0) is 0 Å². The van der Waals surface area contributed by atoms with Crippen LogP contribution in [0.4, 0.5) is 4.39 Å². The van der Waals surface area contributed by atoms with Crippen LogP contribution in [0, 0.1) is 0 Å². The zero-order valence-corrected chi connectivity index (χ0v) is 5.03. The van der Waals surface area contributed by atoms with E-state index in [1.165, 1.54) is 0 Å². The van der Waals surface area contributed by atoms with Gasteiger partial charge in [-0.1, -0.05) is 0 Å². The number of rotatable bonds is 2. The van der Waals surface area contributed by atoms with Crippen molar-refractivity contribution in [2.24, 2.45) is 0 Å². The molecule has 2 atom stereocenters. The van der Waals surface area contributed by atoms with Gasteiger partial charge in [-0.25, -0.2) is 4.39 Å². The predicted molar refractivity (Wildman–Crippen MR) is 29.1 cm³/mol. The topological polar surface area (TPSA) is 12.0 Å². The molecule has 0 spiro atoms. The molecule has 0 heterocycles. The monoisotopic (exact) mass is 105 g/mol. The zero-order valence-electron chi connectivity index (χ0n) is 5.03. The summed E-state index contributed by atoms with van der Waals surface area (Å²) in [7, 11) is 1.75. The first-order valence-electron chi connectivity index (χ1n) is 2.49. The van der Waals surface area contributed by atoms with Crippen molar-refractivity contribution in [3.8, 4) is 0 Å². The zero-order chi connectivity index (χ0) is 5.86. The highest BCUT2D eigenvalue weighted by molar-refractivity contribution is 4.62. The van der Waals surface area contributed by atoms with Crippen LogP contribution >= 0.6 is 0 Å². The van der Waals surface area contributed by atoms with Gasteiger partial charge in [0.15, 0.2) is 0 Å². The van der Waals surface area contributed by atoms with E-state index in [1.807, 2.05) is 6.92 Å². The molecule has 0 saturated carbocycles. The van der Waals surface area contributed by atoms with Crippen molar-refractivity contribution in [1.82, 2.24) is 5.32 Å². The summed E-state index contributed by atoms with van der Waals surface area (Å²) in [6.07, 6.45) is -0.745. The van der Waals surface area contributed by atoms with Gasteiger partial charge in [0.1, 0.15) is 6.17 Å². The number of hydrogen-bond acceptors (Lipinski definition) is 1. The Morgan fingerprint density at radius 1 is 1.43 bits per heavy atom. The molecule has 44 valence electrons. The molecule has 7 heavy (non-hydrogen) atoms. The van der Waals surface area contributed by atoms with E-state index >= 15 is 0 Å². The summed E-state index contributed by atoms with van der Waals surface area (Å²) in [5.74, 6) is 0. The van der Waals surface area contributed by atoms with Gasteiger partial charge >= 0.3 is 0 Å². The summed E-state index contributed by atoms with van der Waals surface area (Å²) in [6, 6.07) is -0.0139. The van der Waals surface area contributed by atoms with Crippen LogP contribution in [0.1, 0.15) is 13.8 Å². The molecule has 0 fully saturated rings. The predicted octanol–water partition coefficient (Wildman–Crippen LogP) is 0.952. The van der Waals surface area contributed by atoms with Crippen LogP contribution in [0.5, 0.6) is 0 Å². The molecular weight excluding hydrogens is 93.1 g/mol. The molecular formula is C5H12FN. The fraction of sp³-hybridized carbons (Fsp3) is 1.00. The molecule has 2 heteroatoms. The molecule has 0 bridgehead atoms. The highest BCUT2D eigenvalue weighted by Gasteiger charge is 2.04. The molecule has 0 radical (unpaired) electrons. The molecule has 2 unspecified atom stereocenters. The molecule has 1 N–H and O–H groups in total. The Balaban J connectivity index is 3.14. The van der Waals surface area contributed by atoms with E-state index in [9.17, 15) is 4.39 Å². The van der Waals surface area contributed by atoms with E-state index in [4.69, 9.17) is 0 Å². The second-order valence-electron chi connectivity index (χ2n) is 1.75. The Kier molecular flexibility index (Phi) is 2.92. The Morgan fingerprint density at radius 3 is 1.86 bits per heavy atom. The number of hydrogen-bond donors (Lipinski definition) is 1. The minimum Gasteiger partial charge on any atom is -0.314 e. The fourth-order valence-electron chi connectivity index (χ4n) is 0.230. The summed E-state index contributed by atoms with van der Waals surface area (Å²) in [5, 5.41) is 2.79. The lowest BCUT2D eigenvalue weighted by atomic mass is 10.2. The van der Waals surface area contributed by atoms with E-state index in [0.29, 0.717) is 0 Å². The van der Waals surface area contributed by atoms with Crippen LogP contribution in [0.2, 0.25) is 0 Å². The van der Waals surface area contributed by atoms with Gasteiger partial charge in [0.2, 0.25) is 0 Å². The third-order valence-electron chi connectivity index (χ3n) is 1.14. The smallest absolute Gasteiger partial charge is 0.112 e. The largest absolute Gasteiger partial charge is 0.314 e. The molecule has 0 aromatic rings. The molecule has 0 aliphatic rings. The second kappa shape index (κ2) is 2.97. The van der Waals surface area contributed by atoms with Gasteiger partial charge < -0.3 is 5.32 Å². The van der Waals surface area contributed by atoms with Crippen LogP contribution in [0.25, 0.3) is 0 Å². The summed E-state index contributed by atoms with van der Waals surface area (Å²) in [6.45, 7) is 3.35. The average Bonchev–Trinajstić information content (AvgIpc) is 1.65. The second-order valence-corrected chi connectivity index (χ2v) is 1.75. The Bertz CT molecular complexity index is 45.3. The maximum Gasteiger partial charge on any atom is 0.112 e. The van der Waals surface area contributed by atoms with Crippen LogP contribution in [-0.4, -0.2) is 19.3 Å². The quantitative estimate of drug-likeness (QED) is 0.551. The fourth-order valence-corrected chi connectivity index (χ4v) is 0.230. The van der Waals surface area contributed by atoms with Gasteiger partial charge in [0.05, 0.1) is 0 Å². The van der Waals surface area contributed by atoms with Crippen molar-refractivity contribution < 1.29 is 4.39 Å². The van der Waals surface area contributed by atoms with Gasteiger partial charge in [-0.3, -0.25) is 0 Å². The van der Waals surface area contributed by atoms with E-state index in [0.717, 1.165) is 0 Å². The standard InChI is InChI=1S/C5H12FN/c1-4(6)5(2)7-3/h4-5,7H,1-3H3. The molecule has 0 aliphatic heterocycles. The first-order valence-corrected chi connectivity index (χ1v) is 2.49. The molecule has 0 amide bonds. The normalized spacial score (nSPS) is 18.9. The first kappa shape index (κ1) is 6.89. The molecule has 0 aromatic carbocycles. The van der Waals surface area contributed by atoms with Crippen molar-refractivity contribution in [2.75, 3.05) is 7.05 Å². The van der Waals surface area contributed by atoms with E-state index < -0.39 is 6.17 Å². The molecule has 0 rings (SSSR count). The third-order valence-corrected chi connectivity index (χ3v) is 1.14. The minimum absolute atomic E-state index is 0.0139. The summed E-state index contributed by atoms with van der Waals surface area (Å²) >= 11 is 0. The summed E-state index contributed by atoms with van der Waals surface area (Å²) in [5.41, 5.74) is 0. The third kappa shape index (κ3) is 2.57. The van der Waals surface area contributed by atoms with Gasteiger partial charge in [0.25, 0.3) is 0 Å². The van der Waals surface area contributed by atoms with Crippen molar-refractivity contribution >= 4 is 0 Å². The van der Waals surface area contributed by atoms with E-state index in [1.54, 1.807) is 14.0 Å². The van der Waals surface area contributed by atoms with Crippen LogP contribution < -0.4 is 5.32 Å². The van der Waals surface area contributed by atoms with Gasteiger partial charge in [-0.2, -0.15) is 0 Å². The van der Waals surface area contributed by atoms with E-state index in [-0.39, 0.29) is 6.04 Å². The summed E-state index contributed by atoms with van der Waals surface area (Å²) < 4.78 is 12.0. The molecule has 1 nitrogen and oxygen atoms in total.